The van der Waals surface area contributed by atoms with Gasteiger partial charge in [0.05, 0.1) is 22.4 Å². The van der Waals surface area contributed by atoms with Crippen molar-refractivity contribution in [3.63, 3.8) is 0 Å². The number of nitrogens with one attached hydrogen (secondary N) is 1. The van der Waals surface area contributed by atoms with Gasteiger partial charge in [-0.15, -0.1) is 0 Å². The summed E-state index contributed by atoms with van der Waals surface area (Å²) in [5.74, 6) is 1.13. The fourth-order valence-electron chi connectivity index (χ4n) is 3.53. The molecule has 1 aliphatic rings. The lowest BCUT2D eigenvalue weighted by Gasteiger charge is -2.38. The first-order valence-corrected chi connectivity index (χ1v) is 9.10. The van der Waals surface area contributed by atoms with E-state index in [4.69, 9.17) is 0 Å². The molecule has 3 heterocycles. The first-order chi connectivity index (χ1) is 13.3. The van der Waals surface area contributed by atoms with E-state index in [9.17, 15) is 0 Å². The van der Waals surface area contributed by atoms with Gasteiger partial charge in [-0.2, -0.15) is 0 Å². The summed E-state index contributed by atoms with van der Waals surface area (Å²) in [4.78, 5) is 19.3. The number of aromatic amines is 1. The number of rotatable bonds is 4. The molecule has 2 radical (unpaired) electrons. The predicted molar refractivity (Wildman–Crippen MR) is 105 cm³/mol. The summed E-state index contributed by atoms with van der Waals surface area (Å²) in [6, 6.07) is 16.5. The number of hydrogen-bond acceptors (Lipinski definition) is 4. The summed E-state index contributed by atoms with van der Waals surface area (Å²) in [5.41, 5.74) is 6.39. The van der Waals surface area contributed by atoms with E-state index in [1.165, 1.54) is 5.56 Å². The second-order valence-corrected chi connectivity index (χ2v) is 6.98. The SMILES string of the molecule is Cc1ccc2nc([C]N3CC(c4nccnc4-c4ccccc4)C3)[nH]c2c1. The number of likely N-dealkylation sites (tertiary alicyclic amines) is 1. The Morgan fingerprint density at radius 3 is 2.70 bits per heavy atom. The minimum Gasteiger partial charge on any atom is -0.340 e. The Labute approximate surface area is 158 Å². The lowest BCUT2D eigenvalue weighted by atomic mass is 9.92. The molecule has 5 nitrogen and oxygen atoms in total. The summed E-state index contributed by atoms with van der Waals surface area (Å²) in [5, 5.41) is 0. The summed E-state index contributed by atoms with van der Waals surface area (Å²) >= 11 is 0. The normalized spacial score (nSPS) is 15.1. The standard InChI is InChI=1S/C22H19N5/c1-15-7-8-18-19(11-15)26-20(25-18)14-27-12-17(13-27)22-21(23-9-10-24-22)16-5-3-2-4-6-16/h2-11,17H,12-13H2,1H3,(H,25,26). The number of hydrogen-bond donors (Lipinski definition) is 1. The zero-order valence-corrected chi connectivity index (χ0v) is 15.1. The van der Waals surface area contributed by atoms with E-state index in [1.807, 2.05) is 24.3 Å². The third-order valence-electron chi connectivity index (χ3n) is 4.94. The number of aromatic nitrogens is 4. The maximum atomic E-state index is 4.62. The topological polar surface area (TPSA) is 57.7 Å². The largest absolute Gasteiger partial charge is 0.340 e. The molecular weight excluding hydrogens is 334 g/mol. The molecule has 0 bridgehead atoms. The zero-order chi connectivity index (χ0) is 18.2. The van der Waals surface area contributed by atoms with E-state index in [-0.39, 0.29) is 0 Å². The van der Waals surface area contributed by atoms with Crippen LogP contribution in [0.5, 0.6) is 0 Å². The Kier molecular flexibility index (Phi) is 3.94. The van der Waals surface area contributed by atoms with Crippen molar-refractivity contribution in [1.29, 1.82) is 0 Å². The highest BCUT2D eigenvalue weighted by atomic mass is 15.2. The van der Waals surface area contributed by atoms with Gasteiger partial charge in [0.25, 0.3) is 0 Å². The third kappa shape index (κ3) is 3.11. The highest BCUT2D eigenvalue weighted by molar-refractivity contribution is 5.76. The van der Waals surface area contributed by atoms with Crippen LogP contribution in [0.25, 0.3) is 22.3 Å². The number of fused-ring (bicyclic) bond motifs is 1. The quantitative estimate of drug-likeness (QED) is 0.606. The highest BCUT2D eigenvalue weighted by Gasteiger charge is 2.32. The summed E-state index contributed by atoms with van der Waals surface area (Å²) in [7, 11) is 0. The molecule has 0 atom stereocenters. The Hall–Kier alpha value is -3.05. The number of H-pyrrole nitrogens is 1. The van der Waals surface area contributed by atoms with Crippen molar-refractivity contribution >= 4 is 11.0 Å². The molecule has 5 heteroatoms. The van der Waals surface area contributed by atoms with Crippen LogP contribution in [0.4, 0.5) is 0 Å². The number of nitrogens with zero attached hydrogens (tertiary/aromatic N) is 4. The van der Waals surface area contributed by atoms with Gasteiger partial charge in [0.15, 0.2) is 0 Å². The van der Waals surface area contributed by atoms with Crippen LogP contribution in [-0.4, -0.2) is 37.9 Å². The molecule has 1 saturated heterocycles. The predicted octanol–water partition coefficient (Wildman–Crippen LogP) is 3.81. The molecule has 5 rings (SSSR count). The first-order valence-electron chi connectivity index (χ1n) is 9.10. The van der Waals surface area contributed by atoms with E-state index < -0.39 is 0 Å². The Balaban J connectivity index is 1.31. The van der Waals surface area contributed by atoms with Crippen LogP contribution in [0.2, 0.25) is 0 Å². The van der Waals surface area contributed by atoms with Crippen LogP contribution in [0.1, 0.15) is 23.0 Å². The van der Waals surface area contributed by atoms with E-state index in [2.05, 4.69) is 62.6 Å². The number of benzene rings is 2. The summed E-state index contributed by atoms with van der Waals surface area (Å²) in [6.45, 7) is 7.19. The first kappa shape index (κ1) is 16.1. The number of aryl methyl sites for hydroxylation is 1. The molecular formula is C22H19N5. The smallest absolute Gasteiger partial charge is 0.136 e. The molecule has 0 unspecified atom stereocenters. The average molecular weight is 353 g/mol. The second-order valence-electron chi connectivity index (χ2n) is 6.98. The maximum absolute atomic E-state index is 4.62. The van der Waals surface area contributed by atoms with Crippen molar-refractivity contribution in [2.24, 2.45) is 0 Å². The van der Waals surface area contributed by atoms with Gasteiger partial charge in [0.1, 0.15) is 12.4 Å². The molecule has 0 amide bonds. The van der Waals surface area contributed by atoms with E-state index in [1.54, 1.807) is 12.4 Å². The average Bonchev–Trinajstić information content (AvgIpc) is 3.07. The third-order valence-corrected chi connectivity index (χ3v) is 4.94. The highest BCUT2D eigenvalue weighted by Crippen LogP contribution is 2.33. The van der Waals surface area contributed by atoms with E-state index in [0.717, 1.165) is 46.9 Å². The van der Waals surface area contributed by atoms with E-state index >= 15 is 0 Å². The Morgan fingerprint density at radius 2 is 1.85 bits per heavy atom. The minimum absolute atomic E-state index is 0.355. The van der Waals surface area contributed by atoms with Crippen molar-refractivity contribution in [1.82, 2.24) is 24.8 Å². The molecule has 0 aliphatic carbocycles. The molecule has 1 N–H and O–H groups in total. The van der Waals surface area contributed by atoms with Gasteiger partial charge in [-0.3, -0.25) is 14.9 Å². The van der Waals surface area contributed by atoms with Crippen LogP contribution in [0, 0.1) is 13.5 Å². The van der Waals surface area contributed by atoms with Gasteiger partial charge in [0.2, 0.25) is 0 Å². The summed E-state index contributed by atoms with van der Waals surface area (Å²) < 4.78 is 0. The fraction of sp³-hybridized carbons (Fsp3) is 0.182. The van der Waals surface area contributed by atoms with Crippen LogP contribution in [0.3, 0.4) is 0 Å². The second kappa shape index (κ2) is 6.59. The molecule has 4 aromatic rings. The van der Waals surface area contributed by atoms with Gasteiger partial charge < -0.3 is 4.98 Å². The Bertz CT molecular complexity index is 1080. The number of imidazole rings is 1. The van der Waals surface area contributed by atoms with Crippen molar-refractivity contribution in [3.05, 3.63) is 84.6 Å². The van der Waals surface area contributed by atoms with Crippen molar-refractivity contribution in [2.45, 2.75) is 12.8 Å². The van der Waals surface area contributed by atoms with E-state index in [0.29, 0.717) is 5.92 Å². The molecule has 1 fully saturated rings. The van der Waals surface area contributed by atoms with Gasteiger partial charge in [-0.1, -0.05) is 36.4 Å². The zero-order valence-electron chi connectivity index (χ0n) is 15.1. The van der Waals surface area contributed by atoms with Gasteiger partial charge in [0, 0.05) is 37.0 Å². The molecule has 1 aliphatic heterocycles. The van der Waals surface area contributed by atoms with Crippen LogP contribution < -0.4 is 0 Å². The lowest BCUT2D eigenvalue weighted by molar-refractivity contribution is 0.193. The van der Waals surface area contributed by atoms with Crippen LogP contribution in [-0.2, 0) is 0 Å². The molecule has 27 heavy (non-hydrogen) atoms. The molecule has 2 aromatic carbocycles. The van der Waals surface area contributed by atoms with Gasteiger partial charge in [-0.25, -0.2) is 4.98 Å². The molecule has 0 saturated carbocycles. The van der Waals surface area contributed by atoms with Crippen molar-refractivity contribution in [2.75, 3.05) is 13.1 Å². The monoisotopic (exact) mass is 353 g/mol. The minimum atomic E-state index is 0.355. The molecule has 132 valence electrons. The van der Waals surface area contributed by atoms with Crippen LogP contribution >= 0.6 is 0 Å². The summed E-state index contributed by atoms with van der Waals surface area (Å²) in [6.07, 6.45) is 3.54. The fourth-order valence-corrected chi connectivity index (χ4v) is 3.53. The van der Waals surface area contributed by atoms with Crippen molar-refractivity contribution < 1.29 is 0 Å². The van der Waals surface area contributed by atoms with Crippen molar-refractivity contribution in [3.8, 4) is 11.3 Å². The lowest BCUT2D eigenvalue weighted by Crippen LogP contribution is -2.44. The molecule has 0 spiro atoms. The van der Waals surface area contributed by atoms with Gasteiger partial charge >= 0.3 is 0 Å². The molecule has 2 aromatic heterocycles. The van der Waals surface area contributed by atoms with Gasteiger partial charge in [-0.05, 0) is 24.6 Å². The Morgan fingerprint density at radius 1 is 1.04 bits per heavy atom. The van der Waals surface area contributed by atoms with Crippen LogP contribution in [0.15, 0.2) is 60.9 Å². The maximum Gasteiger partial charge on any atom is 0.136 e.